The van der Waals surface area contributed by atoms with Crippen LogP contribution in [0.2, 0.25) is 10.0 Å². The number of nitrogen functional groups attached to an aromatic ring is 1. The van der Waals surface area contributed by atoms with Crippen LogP contribution in [0.25, 0.3) is 0 Å². The zero-order valence-corrected chi connectivity index (χ0v) is 17.4. The van der Waals surface area contributed by atoms with E-state index in [-0.39, 0.29) is 45.6 Å². The van der Waals surface area contributed by atoms with Crippen LogP contribution in [-0.2, 0) is 4.79 Å². The van der Waals surface area contributed by atoms with Crippen molar-refractivity contribution in [1.82, 2.24) is 5.32 Å². The number of halogens is 3. The summed E-state index contributed by atoms with van der Waals surface area (Å²) in [4.78, 5) is 24.2. The standard InChI is InChI=1S/C21H22Cl2FN3O2/c1-10(8-17(26)28)27-20(11-2-3-11)13-5-6-14(22)18(19(13)24)21(29)12-4-7-16(25)15(23)9-12/h4-7,9-11,20,27H,2-3,8,25H2,1H3,(H2,26,28)/t10-,20?/m0/s1. The number of rotatable bonds is 8. The Hall–Kier alpha value is -2.15. The third-order valence-corrected chi connectivity index (χ3v) is 5.65. The molecule has 0 aliphatic heterocycles. The van der Waals surface area contributed by atoms with Crippen molar-refractivity contribution in [3.8, 4) is 0 Å². The van der Waals surface area contributed by atoms with Crippen LogP contribution in [0.5, 0.6) is 0 Å². The van der Waals surface area contributed by atoms with Crippen molar-refractivity contribution < 1.29 is 14.0 Å². The van der Waals surface area contributed by atoms with Crippen LogP contribution in [0.15, 0.2) is 30.3 Å². The fraction of sp³-hybridized carbons (Fsp3) is 0.333. The molecule has 1 unspecified atom stereocenters. The van der Waals surface area contributed by atoms with Gasteiger partial charge in [-0.05, 0) is 49.9 Å². The predicted molar refractivity (Wildman–Crippen MR) is 113 cm³/mol. The van der Waals surface area contributed by atoms with Crippen LogP contribution in [0.4, 0.5) is 10.1 Å². The van der Waals surface area contributed by atoms with Gasteiger partial charge in [-0.1, -0.05) is 29.3 Å². The number of carbonyl (C=O) groups is 2. The number of ketones is 1. The van der Waals surface area contributed by atoms with E-state index in [1.54, 1.807) is 6.07 Å². The van der Waals surface area contributed by atoms with E-state index in [0.29, 0.717) is 11.3 Å². The van der Waals surface area contributed by atoms with Gasteiger partial charge in [-0.25, -0.2) is 4.39 Å². The molecule has 8 heteroatoms. The molecule has 0 aromatic heterocycles. The molecule has 0 bridgehead atoms. The summed E-state index contributed by atoms with van der Waals surface area (Å²) in [5.41, 5.74) is 11.6. The van der Waals surface area contributed by atoms with E-state index < -0.39 is 17.5 Å². The van der Waals surface area contributed by atoms with Gasteiger partial charge < -0.3 is 16.8 Å². The van der Waals surface area contributed by atoms with E-state index >= 15 is 4.39 Å². The van der Waals surface area contributed by atoms with Gasteiger partial charge in [0, 0.05) is 29.6 Å². The normalized spacial score (nSPS) is 15.7. The summed E-state index contributed by atoms with van der Waals surface area (Å²) in [7, 11) is 0. The Morgan fingerprint density at radius 3 is 2.48 bits per heavy atom. The maximum absolute atomic E-state index is 15.5. The molecule has 29 heavy (non-hydrogen) atoms. The monoisotopic (exact) mass is 437 g/mol. The summed E-state index contributed by atoms with van der Waals surface area (Å²) in [6.45, 7) is 1.82. The average molecular weight is 438 g/mol. The molecule has 0 heterocycles. The molecular weight excluding hydrogens is 416 g/mol. The Balaban J connectivity index is 1.97. The first-order chi connectivity index (χ1) is 13.7. The van der Waals surface area contributed by atoms with Gasteiger partial charge in [0.25, 0.3) is 0 Å². The Morgan fingerprint density at radius 1 is 1.21 bits per heavy atom. The van der Waals surface area contributed by atoms with Crippen molar-refractivity contribution in [2.75, 3.05) is 5.73 Å². The highest BCUT2D eigenvalue weighted by molar-refractivity contribution is 6.36. The molecule has 3 rings (SSSR count). The zero-order chi connectivity index (χ0) is 21.3. The largest absolute Gasteiger partial charge is 0.398 e. The van der Waals surface area contributed by atoms with Gasteiger partial charge in [0.15, 0.2) is 5.78 Å². The van der Waals surface area contributed by atoms with Crippen LogP contribution in [0.3, 0.4) is 0 Å². The van der Waals surface area contributed by atoms with E-state index in [1.807, 2.05) is 6.92 Å². The summed E-state index contributed by atoms with van der Waals surface area (Å²) in [5.74, 6) is -1.47. The molecule has 1 saturated carbocycles. The summed E-state index contributed by atoms with van der Waals surface area (Å²) in [6, 6.07) is 6.89. The number of primary amides is 1. The van der Waals surface area contributed by atoms with Gasteiger partial charge in [-0.2, -0.15) is 0 Å². The summed E-state index contributed by atoms with van der Waals surface area (Å²) >= 11 is 12.2. The molecule has 2 aromatic rings. The first-order valence-corrected chi connectivity index (χ1v) is 10.1. The molecule has 1 aliphatic rings. The summed E-state index contributed by atoms with van der Waals surface area (Å²) in [5, 5.41) is 3.50. The van der Waals surface area contributed by atoms with Crippen LogP contribution in [0.1, 0.15) is 53.7 Å². The zero-order valence-electron chi connectivity index (χ0n) is 15.8. The fourth-order valence-electron chi connectivity index (χ4n) is 3.41. The van der Waals surface area contributed by atoms with Gasteiger partial charge in [0.05, 0.1) is 21.3 Å². The second-order valence-electron chi connectivity index (χ2n) is 7.44. The number of anilines is 1. The quantitative estimate of drug-likeness (QED) is 0.424. The number of hydrogen-bond acceptors (Lipinski definition) is 4. The lowest BCUT2D eigenvalue weighted by Gasteiger charge is -2.24. The van der Waals surface area contributed by atoms with Gasteiger partial charge in [0.1, 0.15) is 5.82 Å². The minimum atomic E-state index is -0.675. The topological polar surface area (TPSA) is 98.2 Å². The van der Waals surface area contributed by atoms with Crippen molar-refractivity contribution in [3.63, 3.8) is 0 Å². The summed E-state index contributed by atoms with van der Waals surface area (Å²) in [6.07, 6.45) is 1.99. The second kappa shape index (κ2) is 8.69. The van der Waals surface area contributed by atoms with Gasteiger partial charge in [0.2, 0.25) is 5.91 Å². The molecule has 5 nitrogen and oxygen atoms in total. The third kappa shape index (κ3) is 4.89. The van der Waals surface area contributed by atoms with Crippen LogP contribution in [-0.4, -0.2) is 17.7 Å². The number of amides is 1. The lowest BCUT2D eigenvalue weighted by molar-refractivity contribution is -0.118. The lowest BCUT2D eigenvalue weighted by atomic mass is 9.94. The maximum atomic E-state index is 15.5. The molecular formula is C21H22Cl2FN3O2. The average Bonchev–Trinajstić information content (AvgIpc) is 3.47. The number of nitrogens with two attached hydrogens (primary N) is 2. The highest BCUT2D eigenvalue weighted by Gasteiger charge is 2.36. The molecule has 2 aromatic carbocycles. The molecule has 1 amide bonds. The van der Waals surface area contributed by atoms with Crippen molar-refractivity contribution in [2.24, 2.45) is 11.7 Å². The highest BCUT2D eigenvalue weighted by atomic mass is 35.5. The molecule has 5 N–H and O–H groups in total. The third-order valence-electron chi connectivity index (χ3n) is 5.01. The van der Waals surface area contributed by atoms with Crippen molar-refractivity contribution >= 4 is 40.6 Å². The highest BCUT2D eigenvalue weighted by Crippen LogP contribution is 2.43. The number of hydrogen-bond donors (Lipinski definition) is 3. The molecule has 0 saturated heterocycles. The van der Waals surface area contributed by atoms with Crippen molar-refractivity contribution in [3.05, 3.63) is 62.9 Å². The smallest absolute Gasteiger partial charge is 0.218 e. The Morgan fingerprint density at radius 2 is 1.90 bits per heavy atom. The second-order valence-corrected chi connectivity index (χ2v) is 8.26. The maximum Gasteiger partial charge on any atom is 0.218 e. The van der Waals surface area contributed by atoms with Gasteiger partial charge in [-0.15, -0.1) is 0 Å². The van der Waals surface area contributed by atoms with E-state index in [0.717, 1.165) is 12.8 Å². The molecule has 1 aliphatic carbocycles. The van der Waals surface area contributed by atoms with Crippen molar-refractivity contribution in [2.45, 2.75) is 38.3 Å². The molecule has 0 radical (unpaired) electrons. The minimum Gasteiger partial charge on any atom is -0.398 e. The van der Waals surface area contributed by atoms with E-state index in [2.05, 4.69) is 5.32 Å². The van der Waals surface area contributed by atoms with Crippen LogP contribution in [0, 0.1) is 11.7 Å². The first kappa shape index (κ1) is 21.6. The van der Waals surface area contributed by atoms with Crippen LogP contribution < -0.4 is 16.8 Å². The van der Waals surface area contributed by atoms with E-state index in [9.17, 15) is 9.59 Å². The van der Waals surface area contributed by atoms with Crippen molar-refractivity contribution in [1.29, 1.82) is 0 Å². The molecule has 1 fully saturated rings. The number of nitrogens with one attached hydrogen (secondary N) is 1. The number of benzene rings is 2. The fourth-order valence-corrected chi connectivity index (χ4v) is 3.82. The van der Waals surface area contributed by atoms with Gasteiger partial charge >= 0.3 is 0 Å². The SMILES string of the molecule is C[C@@H](CC(N)=O)NC(c1ccc(Cl)c(C(=O)c2ccc(N)c(Cl)c2)c1F)C1CC1. The summed E-state index contributed by atoms with van der Waals surface area (Å²) < 4.78 is 15.5. The Labute approximate surface area is 178 Å². The lowest BCUT2D eigenvalue weighted by Crippen LogP contribution is -2.35. The van der Waals surface area contributed by atoms with E-state index in [4.69, 9.17) is 34.7 Å². The number of carbonyl (C=O) groups excluding carboxylic acids is 2. The van der Waals surface area contributed by atoms with Gasteiger partial charge in [-0.3, -0.25) is 9.59 Å². The molecule has 154 valence electrons. The molecule has 0 spiro atoms. The van der Waals surface area contributed by atoms with E-state index in [1.165, 1.54) is 24.3 Å². The Bertz CT molecular complexity index is 963. The van der Waals surface area contributed by atoms with Crippen LogP contribution >= 0.6 is 23.2 Å². The first-order valence-electron chi connectivity index (χ1n) is 9.31. The molecule has 2 atom stereocenters. The Kier molecular flexibility index (Phi) is 6.46. The predicted octanol–water partition coefficient (Wildman–Crippen LogP) is 4.25. The minimum absolute atomic E-state index is 0.0175.